The number of hydrogen-bond acceptors (Lipinski definition) is 6. The number of thiazole rings is 1. The van der Waals surface area contributed by atoms with Crippen LogP contribution < -0.4 is 11.6 Å². The Morgan fingerprint density at radius 3 is 2.86 bits per heavy atom. The Morgan fingerprint density at radius 2 is 2.50 bits per heavy atom. The van der Waals surface area contributed by atoms with Crippen molar-refractivity contribution in [2.75, 3.05) is 5.73 Å². The maximum Gasteiger partial charge on any atom is 0.338 e. The van der Waals surface area contributed by atoms with E-state index >= 15 is 0 Å². The number of anilines is 1. The minimum Gasteiger partial charge on any atom is -0.479 e. The second-order valence-corrected chi connectivity index (χ2v) is 3.90. The van der Waals surface area contributed by atoms with Crippen LogP contribution in [0.4, 0.5) is 5.13 Å². The zero-order valence-corrected chi connectivity index (χ0v) is 8.37. The van der Waals surface area contributed by atoms with Crippen LogP contribution in [0.2, 0.25) is 0 Å². The summed E-state index contributed by atoms with van der Waals surface area (Å²) in [6.07, 6.45) is 0.0898. The smallest absolute Gasteiger partial charge is 0.338 e. The zero-order chi connectivity index (χ0) is 10.8. The molecule has 1 atom stereocenters. The van der Waals surface area contributed by atoms with Gasteiger partial charge in [0.1, 0.15) is 0 Å². The van der Waals surface area contributed by atoms with E-state index in [1.165, 1.54) is 18.3 Å². The van der Waals surface area contributed by atoms with E-state index in [0.717, 1.165) is 0 Å². The average molecular weight is 217 g/mol. The maximum absolute atomic E-state index is 10.8. The van der Waals surface area contributed by atoms with E-state index in [1.54, 1.807) is 5.38 Å². The van der Waals surface area contributed by atoms with E-state index in [2.05, 4.69) is 9.82 Å². The molecule has 0 radical (unpaired) electrons. The van der Waals surface area contributed by atoms with Crippen molar-refractivity contribution in [3.8, 4) is 0 Å². The first-order valence-corrected chi connectivity index (χ1v) is 4.67. The van der Waals surface area contributed by atoms with Crippen LogP contribution in [0.15, 0.2) is 5.38 Å². The lowest BCUT2D eigenvalue weighted by molar-refractivity contribution is -0.164. The first kappa shape index (κ1) is 10.9. The molecule has 0 saturated heterocycles. The normalized spacial score (nSPS) is 15.0. The Labute approximate surface area is 84.5 Å². The van der Waals surface area contributed by atoms with Crippen molar-refractivity contribution in [2.24, 2.45) is 5.90 Å². The minimum atomic E-state index is -1.46. The summed E-state index contributed by atoms with van der Waals surface area (Å²) < 4.78 is 0. The SMILES string of the molecule is CC(Cc1csc(N)n1)(ON)C(=O)O. The lowest BCUT2D eigenvalue weighted by Gasteiger charge is -2.20. The second kappa shape index (κ2) is 3.91. The van der Waals surface area contributed by atoms with Crippen LogP contribution in [0.5, 0.6) is 0 Å². The predicted molar refractivity (Wildman–Crippen MR) is 51.5 cm³/mol. The van der Waals surface area contributed by atoms with E-state index in [0.29, 0.717) is 10.8 Å². The third kappa shape index (κ3) is 2.19. The number of carboxylic acid groups (broad SMARTS) is 1. The molecule has 0 saturated carbocycles. The zero-order valence-electron chi connectivity index (χ0n) is 7.56. The number of hydrogen-bond donors (Lipinski definition) is 3. The molecular formula is C7H11N3O3S. The summed E-state index contributed by atoms with van der Waals surface area (Å²) in [5, 5.41) is 10.9. The largest absolute Gasteiger partial charge is 0.479 e. The van der Waals surface area contributed by atoms with Gasteiger partial charge in [0.05, 0.1) is 5.69 Å². The van der Waals surface area contributed by atoms with E-state index < -0.39 is 11.6 Å². The molecule has 1 heterocycles. The highest BCUT2D eigenvalue weighted by Gasteiger charge is 2.35. The van der Waals surface area contributed by atoms with Gasteiger partial charge in [-0.2, -0.15) is 0 Å². The van der Waals surface area contributed by atoms with Crippen LogP contribution in [-0.2, 0) is 16.1 Å². The van der Waals surface area contributed by atoms with Gasteiger partial charge in [0.15, 0.2) is 10.7 Å². The van der Waals surface area contributed by atoms with Crippen LogP contribution >= 0.6 is 11.3 Å². The second-order valence-electron chi connectivity index (χ2n) is 3.01. The molecule has 0 fully saturated rings. The summed E-state index contributed by atoms with van der Waals surface area (Å²) in [7, 11) is 0. The summed E-state index contributed by atoms with van der Waals surface area (Å²) in [5.74, 6) is 3.79. The summed E-state index contributed by atoms with van der Waals surface area (Å²) >= 11 is 1.24. The van der Waals surface area contributed by atoms with Gasteiger partial charge in [-0.05, 0) is 6.92 Å². The number of aliphatic carboxylic acids is 1. The first-order chi connectivity index (χ1) is 6.48. The van der Waals surface area contributed by atoms with Crippen molar-refractivity contribution in [1.29, 1.82) is 0 Å². The molecule has 0 aliphatic rings. The van der Waals surface area contributed by atoms with Crippen LogP contribution in [0.25, 0.3) is 0 Å². The molecule has 0 aliphatic carbocycles. The molecule has 1 rings (SSSR count). The Balaban J connectivity index is 2.80. The monoisotopic (exact) mass is 217 g/mol. The molecule has 14 heavy (non-hydrogen) atoms. The number of nitrogens with zero attached hydrogens (tertiary/aromatic N) is 1. The van der Waals surface area contributed by atoms with Gasteiger partial charge in [-0.15, -0.1) is 11.3 Å². The highest BCUT2D eigenvalue weighted by atomic mass is 32.1. The average Bonchev–Trinajstić information content (AvgIpc) is 2.50. The molecule has 1 aromatic heterocycles. The van der Waals surface area contributed by atoms with Gasteiger partial charge >= 0.3 is 5.97 Å². The molecule has 0 spiro atoms. The lowest BCUT2D eigenvalue weighted by Crippen LogP contribution is -2.42. The fourth-order valence-electron chi connectivity index (χ4n) is 0.917. The topological polar surface area (TPSA) is 111 Å². The summed E-state index contributed by atoms with van der Waals surface area (Å²) in [6.45, 7) is 1.38. The van der Waals surface area contributed by atoms with Crippen molar-refractivity contribution in [3.05, 3.63) is 11.1 Å². The Bertz CT molecular complexity index is 341. The van der Waals surface area contributed by atoms with Crippen molar-refractivity contribution < 1.29 is 14.7 Å². The number of aromatic nitrogens is 1. The van der Waals surface area contributed by atoms with E-state index in [-0.39, 0.29) is 6.42 Å². The highest BCUT2D eigenvalue weighted by Crippen LogP contribution is 2.19. The van der Waals surface area contributed by atoms with E-state index in [9.17, 15) is 4.79 Å². The lowest BCUT2D eigenvalue weighted by atomic mass is 10.0. The summed E-state index contributed by atoms with van der Waals surface area (Å²) in [4.78, 5) is 19.2. The third-order valence-corrected chi connectivity index (χ3v) is 2.52. The van der Waals surface area contributed by atoms with Crippen LogP contribution in [0, 0.1) is 0 Å². The molecular weight excluding hydrogens is 206 g/mol. The van der Waals surface area contributed by atoms with Crippen LogP contribution in [0.3, 0.4) is 0 Å². The van der Waals surface area contributed by atoms with Gasteiger partial charge in [0.25, 0.3) is 0 Å². The molecule has 0 aromatic carbocycles. The molecule has 1 unspecified atom stereocenters. The summed E-state index contributed by atoms with van der Waals surface area (Å²) in [6, 6.07) is 0. The van der Waals surface area contributed by atoms with Crippen molar-refractivity contribution >= 4 is 22.4 Å². The number of carboxylic acids is 1. The Kier molecular flexibility index (Phi) is 3.04. The number of carbonyl (C=O) groups is 1. The number of rotatable bonds is 4. The fourth-order valence-corrected chi connectivity index (χ4v) is 1.48. The Hall–Kier alpha value is -1.18. The first-order valence-electron chi connectivity index (χ1n) is 3.79. The fraction of sp³-hybridized carbons (Fsp3) is 0.429. The minimum absolute atomic E-state index is 0.0898. The van der Waals surface area contributed by atoms with E-state index in [4.69, 9.17) is 16.7 Å². The van der Waals surface area contributed by atoms with E-state index in [1.807, 2.05) is 0 Å². The number of nitrogen functional groups attached to an aromatic ring is 1. The van der Waals surface area contributed by atoms with Gasteiger partial charge in [0.2, 0.25) is 0 Å². The molecule has 6 nitrogen and oxygen atoms in total. The van der Waals surface area contributed by atoms with Gasteiger partial charge < -0.3 is 10.8 Å². The van der Waals surface area contributed by atoms with Crippen molar-refractivity contribution in [2.45, 2.75) is 18.9 Å². The Morgan fingerprint density at radius 1 is 1.86 bits per heavy atom. The van der Waals surface area contributed by atoms with Gasteiger partial charge in [0, 0.05) is 11.8 Å². The van der Waals surface area contributed by atoms with Crippen molar-refractivity contribution in [1.82, 2.24) is 4.98 Å². The quantitative estimate of drug-likeness (QED) is 0.612. The highest BCUT2D eigenvalue weighted by molar-refractivity contribution is 7.13. The third-order valence-electron chi connectivity index (χ3n) is 1.80. The molecule has 0 aliphatic heterocycles. The number of nitrogens with two attached hydrogens (primary N) is 2. The van der Waals surface area contributed by atoms with Crippen LogP contribution in [-0.4, -0.2) is 21.7 Å². The van der Waals surface area contributed by atoms with Gasteiger partial charge in [-0.1, -0.05) is 0 Å². The summed E-state index contributed by atoms with van der Waals surface area (Å²) in [5.41, 5.74) is 4.50. The molecule has 0 amide bonds. The van der Waals surface area contributed by atoms with Gasteiger partial charge in [-0.3, -0.25) is 4.84 Å². The molecule has 7 heteroatoms. The van der Waals surface area contributed by atoms with Crippen molar-refractivity contribution in [3.63, 3.8) is 0 Å². The molecule has 0 bridgehead atoms. The molecule has 5 N–H and O–H groups in total. The van der Waals surface area contributed by atoms with Gasteiger partial charge in [-0.25, -0.2) is 15.7 Å². The predicted octanol–water partition coefficient (Wildman–Crippen LogP) is 0.00140. The molecule has 1 aromatic rings. The standard InChI is InChI=1S/C7H11N3O3S/c1-7(13-9,5(11)12)2-4-3-14-6(8)10-4/h3H,2,9H2,1H3,(H2,8,10)(H,11,12). The maximum atomic E-state index is 10.8. The molecule has 78 valence electrons. The van der Waals surface area contributed by atoms with Crippen LogP contribution in [0.1, 0.15) is 12.6 Å².